The number of ether oxygens (including phenoxy) is 1. The zero-order valence-corrected chi connectivity index (χ0v) is 13.8. The van der Waals surface area contributed by atoms with Crippen LogP contribution in [0, 0.1) is 0 Å². The molecule has 108 valence electrons. The zero-order valence-electron chi connectivity index (χ0n) is 12.8. The number of esters is 2. The van der Waals surface area contributed by atoms with Gasteiger partial charge in [-0.3, -0.25) is 0 Å². The van der Waals surface area contributed by atoms with Gasteiger partial charge in [-0.2, -0.15) is 0 Å². The first-order valence-corrected chi connectivity index (χ1v) is 10.4. The second kappa shape index (κ2) is 6.66. The minimum Gasteiger partial charge on any atom is -0.386 e. The van der Waals surface area contributed by atoms with E-state index in [1.807, 2.05) is 19.9 Å². The fourth-order valence-corrected chi connectivity index (χ4v) is 3.32. The number of carbonyl (C=O) groups is 2. The molecule has 3 nitrogen and oxygen atoms in total. The van der Waals surface area contributed by atoms with E-state index in [0.29, 0.717) is 11.1 Å². The molecule has 0 saturated carbocycles. The molecule has 0 bridgehead atoms. The number of allylic oxidation sites excluding steroid dienone is 1. The molecule has 0 atom stereocenters. The lowest BCUT2D eigenvalue weighted by Crippen LogP contribution is -2.25. The lowest BCUT2D eigenvalue weighted by atomic mass is 10.2. The highest BCUT2D eigenvalue weighted by Gasteiger charge is 2.24. The molecule has 0 aliphatic heterocycles. The Labute approximate surface area is 121 Å². The van der Waals surface area contributed by atoms with E-state index in [0.717, 1.165) is 11.6 Å². The monoisotopic (exact) mass is 290 g/mol. The predicted molar refractivity (Wildman–Crippen MR) is 83.4 cm³/mol. The van der Waals surface area contributed by atoms with Gasteiger partial charge in [0.2, 0.25) is 0 Å². The number of rotatable bonds is 4. The molecule has 0 unspecified atom stereocenters. The average molecular weight is 290 g/mol. The molecule has 1 aromatic carbocycles. The van der Waals surface area contributed by atoms with Crippen LogP contribution in [0.2, 0.25) is 25.7 Å². The third kappa shape index (κ3) is 5.13. The summed E-state index contributed by atoms with van der Waals surface area (Å²) in [7, 11) is -1.45. The molecule has 0 spiro atoms. The summed E-state index contributed by atoms with van der Waals surface area (Å²) in [6, 6.07) is 9.28. The summed E-state index contributed by atoms with van der Waals surface area (Å²) in [5, 5.41) is 0. The molecular formula is C16H22O3Si. The van der Waals surface area contributed by atoms with Crippen LogP contribution in [0.1, 0.15) is 24.2 Å². The van der Waals surface area contributed by atoms with Crippen molar-refractivity contribution >= 4 is 20.0 Å². The fourth-order valence-electron chi connectivity index (χ4n) is 1.76. The standard InChI is InChI=1S/C16H22O3Si/c1-12(2)14(11-20(3,4)5)16(18)19-15(17)13-9-7-6-8-10-13/h6-10H,11H2,1-5H3. The van der Waals surface area contributed by atoms with Crippen LogP contribution >= 0.6 is 0 Å². The van der Waals surface area contributed by atoms with Gasteiger partial charge in [-0.15, -0.1) is 0 Å². The van der Waals surface area contributed by atoms with Crippen molar-refractivity contribution in [3.63, 3.8) is 0 Å². The molecule has 0 aromatic heterocycles. The van der Waals surface area contributed by atoms with E-state index >= 15 is 0 Å². The first kappa shape index (κ1) is 16.4. The van der Waals surface area contributed by atoms with Gasteiger partial charge in [-0.1, -0.05) is 43.4 Å². The lowest BCUT2D eigenvalue weighted by Gasteiger charge is -2.18. The molecule has 1 rings (SSSR count). The Morgan fingerprint density at radius 3 is 2.05 bits per heavy atom. The van der Waals surface area contributed by atoms with E-state index < -0.39 is 20.0 Å². The van der Waals surface area contributed by atoms with Crippen LogP contribution in [0.25, 0.3) is 0 Å². The summed E-state index contributed by atoms with van der Waals surface area (Å²) in [5.74, 6) is -1.11. The SMILES string of the molecule is CC(C)=C(C[Si](C)(C)C)C(=O)OC(=O)c1ccccc1. The van der Waals surface area contributed by atoms with Crippen LogP contribution < -0.4 is 0 Å². The molecule has 0 N–H and O–H groups in total. The van der Waals surface area contributed by atoms with Crippen LogP contribution in [0.5, 0.6) is 0 Å². The molecule has 0 fully saturated rings. The Morgan fingerprint density at radius 1 is 1.05 bits per heavy atom. The Morgan fingerprint density at radius 2 is 1.60 bits per heavy atom. The summed E-state index contributed by atoms with van der Waals surface area (Å²) < 4.78 is 4.99. The van der Waals surface area contributed by atoms with Gasteiger partial charge in [0.15, 0.2) is 0 Å². The molecule has 0 aliphatic carbocycles. The minimum atomic E-state index is -1.45. The smallest absolute Gasteiger partial charge is 0.346 e. The van der Waals surface area contributed by atoms with Crippen molar-refractivity contribution in [2.75, 3.05) is 0 Å². The van der Waals surface area contributed by atoms with Crippen molar-refractivity contribution in [1.82, 2.24) is 0 Å². The summed E-state index contributed by atoms with van der Waals surface area (Å²) in [6.07, 6.45) is 0. The highest BCUT2D eigenvalue weighted by molar-refractivity contribution is 6.77. The van der Waals surface area contributed by atoms with E-state index in [2.05, 4.69) is 19.6 Å². The number of carbonyl (C=O) groups excluding carboxylic acids is 2. The van der Waals surface area contributed by atoms with Crippen LogP contribution in [0.4, 0.5) is 0 Å². The predicted octanol–water partition coefficient (Wildman–Crippen LogP) is 4.04. The maximum atomic E-state index is 12.2. The van der Waals surface area contributed by atoms with Crippen molar-refractivity contribution in [2.45, 2.75) is 39.5 Å². The molecule has 20 heavy (non-hydrogen) atoms. The van der Waals surface area contributed by atoms with Crippen LogP contribution in [-0.2, 0) is 9.53 Å². The molecule has 0 aliphatic rings. The van der Waals surface area contributed by atoms with E-state index in [9.17, 15) is 9.59 Å². The second-order valence-corrected chi connectivity index (χ2v) is 11.7. The van der Waals surface area contributed by atoms with Gasteiger partial charge < -0.3 is 4.74 Å². The maximum absolute atomic E-state index is 12.2. The van der Waals surface area contributed by atoms with Crippen LogP contribution in [-0.4, -0.2) is 20.0 Å². The number of hydrogen-bond acceptors (Lipinski definition) is 3. The topological polar surface area (TPSA) is 43.4 Å². The number of hydrogen-bond donors (Lipinski definition) is 0. The molecule has 0 amide bonds. The van der Waals surface area contributed by atoms with Crippen LogP contribution in [0.15, 0.2) is 41.5 Å². The Balaban J connectivity index is 2.84. The normalized spacial score (nSPS) is 10.8. The van der Waals surface area contributed by atoms with Gasteiger partial charge in [0, 0.05) is 13.6 Å². The third-order valence-electron chi connectivity index (χ3n) is 2.75. The summed E-state index contributed by atoms with van der Waals surface area (Å²) in [4.78, 5) is 24.1. The molecular weight excluding hydrogens is 268 g/mol. The molecule has 1 aromatic rings. The minimum absolute atomic E-state index is 0.391. The first-order valence-electron chi connectivity index (χ1n) is 6.68. The van der Waals surface area contributed by atoms with Crippen molar-refractivity contribution in [3.8, 4) is 0 Å². The van der Waals surface area contributed by atoms with Crippen LogP contribution in [0.3, 0.4) is 0 Å². The van der Waals surface area contributed by atoms with Crippen molar-refractivity contribution in [1.29, 1.82) is 0 Å². The van der Waals surface area contributed by atoms with E-state index in [1.165, 1.54) is 0 Å². The maximum Gasteiger partial charge on any atom is 0.346 e. The number of benzene rings is 1. The van der Waals surface area contributed by atoms with Gasteiger partial charge in [-0.25, -0.2) is 9.59 Å². The summed E-state index contributed by atoms with van der Waals surface area (Å²) in [6.45, 7) is 10.3. The molecule has 0 radical (unpaired) electrons. The van der Waals surface area contributed by atoms with Gasteiger partial charge in [0.1, 0.15) is 0 Å². The lowest BCUT2D eigenvalue weighted by molar-refractivity contribution is -0.133. The first-order chi connectivity index (χ1) is 9.20. The molecule has 0 saturated heterocycles. The van der Waals surface area contributed by atoms with Gasteiger partial charge >= 0.3 is 11.9 Å². The van der Waals surface area contributed by atoms with Gasteiger partial charge in [-0.05, 0) is 32.0 Å². The van der Waals surface area contributed by atoms with E-state index in [-0.39, 0.29) is 0 Å². The third-order valence-corrected chi connectivity index (χ3v) is 4.17. The van der Waals surface area contributed by atoms with Gasteiger partial charge in [0.05, 0.1) is 5.56 Å². The summed E-state index contributed by atoms with van der Waals surface area (Å²) >= 11 is 0. The average Bonchev–Trinajstić information content (AvgIpc) is 2.35. The molecule has 4 heteroatoms. The van der Waals surface area contributed by atoms with E-state index in [4.69, 9.17) is 4.74 Å². The van der Waals surface area contributed by atoms with E-state index in [1.54, 1.807) is 24.3 Å². The van der Waals surface area contributed by atoms with Crippen molar-refractivity contribution < 1.29 is 14.3 Å². The molecule has 0 heterocycles. The second-order valence-electron chi connectivity index (χ2n) is 6.26. The largest absolute Gasteiger partial charge is 0.386 e. The van der Waals surface area contributed by atoms with Crippen molar-refractivity contribution in [3.05, 3.63) is 47.0 Å². The Kier molecular flexibility index (Phi) is 5.45. The fraction of sp³-hybridized carbons (Fsp3) is 0.375. The zero-order chi connectivity index (χ0) is 15.3. The van der Waals surface area contributed by atoms with Gasteiger partial charge in [0.25, 0.3) is 0 Å². The highest BCUT2D eigenvalue weighted by Crippen LogP contribution is 2.21. The quantitative estimate of drug-likeness (QED) is 0.364. The van der Waals surface area contributed by atoms with Crippen molar-refractivity contribution in [2.24, 2.45) is 0 Å². The highest BCUT2D eigenvalue weighted by atomic mass is 28.3. The Bertz CT molecular complexity index is 520. The summed E-state index contributed by atoms with van der Waals surface area (Å²) in [5.41, 5.74) is 1.94. The Hall–Kier alpha value is -1.68.